The van der Waals surface area contributed by atoms with Gasteiger partial charge < -0.3 is 15.2 Å². The predicted molar refractivity (Wildman–Crippen MR) is 59.8 cm³/mol. The molecule has 0 radical (unpaired) electrons. The molecule has 7 heteroatoms. The summed E-state index contributed by atoms with van der Waals surface area (Å²) in [6.45, 7) is -0.561. The van der Waals surface area contributed by atoms with Crippen molar-refractivity contribution in [3.05, 3.63) is 23.9 Å². The van der Waals surface area contributed by atoms with Crippen LogP contribution in [0.15, 0.2) is 18.3 Å². The number of carbonyl (C=O) groups excluding carboxylic acids is 1. The number of hydrogen-bond acceptors (Lipinski definition) is 4. The van der Waals surface area contributed by atoms with E-state index in [4.69, 9.17) is 9.84 Å². The van der Waals surface area contributed by atoms with Crippen molar-refractivity contribution < 1.29 is 23.4 Å². The van der Waals surface area contributed by atoms with Crippen LogP contribution in [0.1, 0.15) is 16.8 Å². The second-order valence-electron chi connectivity index (χ2n) is 3.39. The minimum absolute atomic E-state index is 0.0396. The number of rotatable bonds is 7. The molecule has 1 amide bonds. The lowest BCUT2D eigenvalue weighted by atomic mass is 10.2. The minimum atomic E-state index is -2.63. The molecule has 0 aliphatic rings. The average Bonchev–Trinajstić information content (AvgIpc) is 2.37. The van der Waals surface area contributed by atoms with Crippen LogP contribution in [-0.4, -0.2) is 42.2 Å². The zero-order chi connectivity index (χ0) is 13.4. The van der Waals surface area contributed by atoms with E-state index in [1.165, 1.54) is 18.3 Å². The third kappa shape index (κ3) is 4.62. The fourth-order valence-electron chi connectivity index (χ4n) is 1.20. The van der Waals surface area contributed by atoms with Crippen LogP contribution in [0, 0.1) is 0 Å². The third-order valence-electron chi connectivity index (χ3n) is 1.98. The van der Waals surface area contributed by atoms with Gasteiger partial charge in [-0.1, -0.05) is 0 Å². The number of amides is 1. The molecule has 0 aromatic carbocycles. The lowest BCUT2D eigenvalue weighted by Gasteiger charge is -2.09. The van der Waals surface area contributed by atoms with Crippen LogP contribution in [0.25, 0.3) is 0 Å². The number of aliphatic hydroxyl groups is 1. The van der Waals surface area contributed by atoms with Crippen molar-refractivity contribution in [2.24, 2.45) is 0 Å². The number of nitrogens with one attached hydrogen (secondary N) is 1. The number of aromatic nitrogens is 1. The minimum Gasteiger partial charge on any atom is -0.471 e. The molecule has 0 aliphatic carbocycles. The molecular formula is C11H14F2N2O3. The van der Waals surface area contributed by atoms with Gasteiger partial charge in [-0.25, -0.2) is 13.8 Å². The highest BCUT2D eigenvalue weighted by molar-refractivity contribution is 5.96. The number of halogens is 2. The van der Waals surface area contributed by atoms with Gasteiger partial charge in [0.15, 0.2) is 6.61 Å². The van der Waals surface area contributed by atoms with Crippen molar-refractivity contribution in [2.75, 3.05) is 19.8 Å². The van der Waals surface area contributed by atoms with Gasteiger partial charge in [-0.15, -0.1) is 0 Å². The van der Waals surface area contributed by atoms with Gasteiger partial charge in [-0.3, -0.25) is 4.79 Å². The van der Waals surface area contributed by atoms with Gasteiger partial charge in [-0.2, -0.15) is 0 Å². The molecular weight excluding hydrogens is 246 g/mol. The van der Waals surface area contributed by atoms with E-state index in [1.54, 1.807) is 0 Å². The van der Waals surface area contributed by atoms with Crippen LogP contribution in [0.4, 0.5) is 8.78 Å². The van der Waals surface area contributed by atoms with Gasteiger partial charge in [-0.05, 0) is 18.6 Å². The van der Waals surface area contributed by atoms with Crippen LogP contribution < -0.4 is 10.1 Å². The van der Waals surface area contributed by atoms with Crippen LogP contribution in [0.2, 0.25) is 0 Å². The fraction of sp³-hybridized carbons (Fsp3) is 0.455. The van der Waals surface area contributed by atoms with Crippen molar-refractivity contribution in [3.63, 3.8) is 0 Å². The smallest absolute Gasteiger partial charge is 0.272 e. The Hall–Kier alpha value is -1.76. The van der Waals surface area contributed by atoms with E-state index in [2.05, 4.69) is 10.3 Å². The van der Waals surface area contributed by atoms with Gasteiger partial charge in [0.1, 0.15) is 5.56 Å². The molecule has 0 saturated carbocycles. The molecule has 0 saturated heterocycles. The first-order chi connectivity index (χ1) is 8.65. The molecule has 0 spiro atoms. The summed E-state index contributed by atoms with van der Waals surface area (Å²) in [5.74, 6) is -0.597. The largest absolute Gasteiger partial charge is 0.471 e. The van der Waals surface area contributed by atoms with E-state index in [-0.39, 0.29) is 18.1 Å². The number of aliphatic hydroxyl groups excluding tert-OH is 1. The van der Waals surface area contributed by atoms with E-state index in [0.29, 0.717) is 13.0 Å². The second kappa shape index (κ2) is 7.54. The summed E-state index contributed by atoms with van der Waals surface area (Å²) in [6, 6.07) is 2.94. The molecule has 0 fully saturated rings. The van der Waals surface area contributed by atoms with Crippen molar-refractivity contribution in [1.82, 2.24) is 10.3 Å². The summed E-state index contributed by atoms with van der Waals surface area (Å²) in [5.41, 5.74) is 0.0936. The first kappa shape index (κ1) is 14.3. The second-order valence-corrected chi connectivity index (χ2v) is 3.39. The van der Waals surface area contributed by atoms with Gasteiger partial charge in [0, 0.05) is 19.3 Å². The highest BCUT2D eigenvalue weighted by atomic mass is 19.3. The van der Waals surface area contributed by atoms with Crippen LogP contribution in [0.3, 0.4) is 0 Å². The molecule has 0 unspecified atom stereocenters. The van der Waals surface area contributed by atoms with Gasteiger partial charge in [0.25, 0.3) is 12.3 Å². The quantitative estimate of drug-likeness (QED) is 0.713. The molecule has 0 atom stereocenters. The topological polar surface area (TPSA) is 71.5 Å². The van der Waals surface area contributed by atoms with Crippen molar-refractivity contribution in [2.45, 2.75) is 12.8 Å². The number of nitrogens with zero attached hydrogens (tertiary/aromatic N) is 1. The predicted octanol–water partition coefficient (Wildman–Crippen LogP) is 0.838. The summed E-state index contributed by atoms with van der Waals surface area (Å²) in [4.78, 5) is 15.4. The Balaban J connectivity index is 2.65. The normalized spacial score (nSPS) is 10.4. The Morgan fingerprint density at radius 3 is 3.00 bits per heavy atom. The number of ether oxygens (including phenoxy) is 1. The first-order valence-corrected chi connectivity index (χ1v) is 5.40. The zero-order valence-corrected chi connectivity index (χ0v) is 9.60. The molecule has 2 N–H and O–H groups in total. The van der Waals surface area contributed by atoms with Crippen molar-refractivity contribution in [1.29, 1.82) is 0 Å². The van der Waals surface area contributed by atoms with E-state index in [1.807, 2.05) is 0 Å². The summed E-state index contributed by atoms with van der Waals surface area (Å²) >= 11 is 0. The van der Waals surface area contributed by atoms with Crippen LogP contribution >= 0.6 is 0 Å². The monoisotopic (exact) mass is 260 g/mol. The molecule has 1 rings (SSSR count). The molecule has 5 nitrogen and oxygen atoms in total. The molecule has 1 heterocycles. The number of carbonyl (C=O) groups is 1. The Kier molecular flexibility index (Phi) is 5.99. The summed E-state index contributed by atoms with van der Waals surface area (Å²) in [5, 5.41) is 11.1. The lowest BCUT2D eigenvalue weighted by Crippen LogP contribution is -2.26. The highest BCUT2D eigenvalue weighted by Gasteiger charge is 2.14. The summed E-state index contributed by atoms with van der Waals surface area (Å²) in [7, 11) is 0. The maximum absolute atomic E-state index is 12.0. The molecule has 0 aliphatic heterocycles. The lowest BCUT2D eigenvalue weighted by molar-refractivity contribution is 0.0772. The van der Waals surface area contributed by atoms with Crippen molar-refractivity contribution >= 4 is 5.91 Å². The fourth-order valence-corrected chi connectivity index (χ4v) is 1.20. The Bertz CT molecular complexity index is 388. The zero-order valence-electron chi connectivity index (χ0n) is 9.60. The van der Waals surface area contributed by atoms with Gasteiger partial charge >= 0.3 is 0 Å². The Morgan fingerprint density at radius 1 is 1.56 bits per heavy atom. The maximum atomic E-state index is 12.0. The number of hydrogen-bond donors (Lipinski definition) is 2. The highest BCUT2D eigenvalue weighted by Crippen LogP contribution is 2.14. The van der Waals surface area contributed by atoms with E-state index in [9.17, 15) is 13.6 Å². The summed E-state index contributed by atoms with van der Waals surface area (Å²) in [6.07, 6.45) is -0.859. The SMILES string of the molecule is O=C(NCCCO)c1cccnc1OCC(F)F. The standard InChI is InChI=1S/C11H14F2N2O3/c12-9(13)7-18-11-8(3-1-4-15-11)10(17)14-5-2-6-16/h1,3-4,9,16H,2,5-7H2,(H,14,17). The van der Waals surface area contributed by atoms with Crippen LogP contribution in [0.5, 0.6) is 5.88 Å². The Morgan fingerprint density at radius 2 is 2.33 bits per heavy atom. The number of alkyl halides is 2. The van der Waals surface area contributed by atoms with Crippen LogP contribution in [-0.2, 0) is 0 Å². The molecule has 18 heavy (non-hydrogen) atoms. The van der Waals surface area contributed by atoms with E-state index < -0.39 is 18.9 Å². The third-order valence-corrected chi connectivity index (χ3v) is 1.98. The van der Waals surface area contributed by atoms with Gasteiger partial charge in [0.05, 0.1) is 0 Å². The van der Waals surface area contributed by atoms with Gasteiger partial charge in [0.2, 0.25) is 5.88 Å². The summed E-state index contributed by atoms with van der Waals surface area (Å²) < 4.78 is 28.8. The molecule has 1 aromatic rings. The van der Waals surface area contributed by atoms with E-state index >= 15 is 0 Å². The Labute approximate surface area is 103 Å². The molecule has 0 bridgehead atoms. The van der Waals surface area contributed by atoms with Crippen molar-refractivity contribution in [3.8, 4) is 5.88 Å². The van der Waals surface area contributed by atoms with E-state index in [0.717, 1.165) is 0 Å². The molecule has 1 aromatic heterocycles. The number of pyridine rings is 1. The average molecular weight is 260 g/mol. The first-order valence-electron chi connectivity index (χ1n) is 5.40. The maximum Gasteiger partial charge on any atom is 0.272 e. The molecule has 100 valence electrons.